The molecular formula is C23H27N3O2. The van der Waals surface area contributed by atoms with E-state index in [9.17, 15) is 4.79 Å². The Morgan fingerprint density at radius 2 is 1.71 bits per heavy atom. The minimum atomic E-state index is -0.525. The van der Waals surface area contributed by atoms with Crippen LogP contribution in [-0.4, -0.2) is 22.0 Å². The lowest BCUT2D eigenvalue weighted by Crippen LogP contribution is -2.21. The van der Waals surface area contributed by atoms with E-state index < -0.39 is 5.91 Å². The number of hydrogen-bond acceptors (Lipinski definition) is 3. The maximum atomic E-state index is 11.4. The van der Waals surface area contributed by atoms with Crippen LogP contribution in [0.25, 0.3) is 0 Å². The van der Waals surface area contributed by atoms with Crippen LogP contribution in [0, 0.1) is 0 Å². The molecule has 0 saturated heterocycles. The number of primary amides is 1. The van der Waals surface area contributed by atoms with Gasteiger partial charge in [-0.05, 0) is 37.3 Å². The van der Waals surface area contributed by atoms with Crippen LogP contribution in [-0.2, 0) is 17.8 Å². The van der Waals surface area contributed by atoms with Crippen molar-refractivity contribution in [3.8, 4) is 0 Å². The second-order valence-electron chi connectivity index (χ2n) is 7.02. The minimum Gasteiger partial charge on any atom is -0.373 e. The van der Waals surface area contributed by atoms with Crippen molar-refractivity contribution in [3.63, 3.8) is 0 Å². The number of nitrogens with two attached hydrogens (primary N) is 1. The van der Waals surface area contributed by atoms with E-state index in [2.05, 4.69) is 53.3 Å². The number of carbonyl (C=O) groups excluding carboxylic acids is 1. The second-order valence-corrected chi connectivity index (χ2v) is 7.02. The third-order valence-electron chi connectivity index (χ3n) is 4.95. The summed E-state index contributed by atoms with van der Waals surface area (Å²) < 4.78 is 6.14. The minimum absolute atomic E-state index is 0.0529. The molecule has 2 atom stereocenters. The first-order valence-electron chi connectivity index (χ1n) is 9.68. The third kappa shape index (κ3) is 5.54. The first-order chi connectivity index (χ1) is 13.6. The van der Waals surface area contributed by atoms with E-state index >= 15 is 0 Å². The Labute approximate surface area is 166 Å². The summed E-state index contributed by atoms with van der Waals surface area (Å²) in [5.74, 6) is 0.284. The Hall–Kier alpha value is -2.92. The van der Waals surface area contributed by atoms with E-state index in [1.165, 1.54) is 5.56 Å². The zero-order valence-corrected chi connectivity index (χ0v) is 16.2. The predicted octanol–water partition coefficient (Wildman–Crippen LogP) is 4.22. The van der Waals surface area contributed by atoms with Gasteiger partial charge in [-0.15, -0.1) is 0 Å². The van der Waals surface area contributed by atoms with Crippen molar-refractivity contribution < 1.29 is 9.53 Å². The van der Waals surface area contributed by atoms with Gasteiger partial charge >= 0.3 is 0 Å². The molecule has 0 aliphatic carbocycles. The van der Waals surface area contributed by atoms with E-state index in [-0.39, 0.29) is 17.7 Å². The molecule has 146 valence electrons. The zero-order chi connectivity index (χ0) is 19.8. The number of rotatable bonds is 10. The molecule has 0 aliphatic rings. The number of benzene rings is 2. The summed E-state index contributed by atoms with van der Waals surface area (Å²) in [5, 5.41) is 0. The SMILES string of the molecule is C[C@H](OCc1ccccc1)C(CCCc1ccccc1)c1nc(C(N)=O)c[nH]1. The lowest BCUT2D eigenvalue weighted by Gasteiger charge is -2.23. The van der Waals surface area contributed by atoms with Crippen LogP contribution in [0.1, 0.15) is 53.1 Å². The molecule has 1 unspecified atom stereocenters. The fourth-order valence-electron chi connectivity index (χ4n) is 3.34. The smallest absolute Gasteiger partial charge is 0.268 e. The normalized spacial score (nSPS) is 13.2. The van der Waals surface area contributed by atoms with Gasteiger partial charge < -0.3 is 15.5 Å². The number of nitrogens with zero attached hydrogens (tertiary/aromatic N) is 1. The van der Waals surface area contributed by atoms with Crippen LogP contribution >= 0.6 is 0 Å². The fraction of sp³-hybridized carbons (Fsp3) is 0.304. The Balaban J connectivity index is 1.66. The number of ether oxygens (including phenoxy) is 1. The summed E-state index contributed by atoms with van der Waals surface area (Å²) in [4.78, 5) is 18.9. The highest BCUT2D eigenvalue weighted by Crippen LogP contribution is 2.26. The molecule has 0 spiro atoms. The van der Waals surface area contributed by atoms with Gasteiger partial charge in [-0.1, -0.05) is 60.7 Å². The molecule has 3 rings (SSSR count). The molecule has 5 nitrogen and oxygen atoms in total. The first-order valence-corrected chi connectivity index (χ1v) is 9.68. The van der Waals surface area contributed by atoms with Crippen molar-refractivity contribution in [1.82, 2.24) is 9.97 Å². The topological polar surface area (TPSA) is 81.0 Å². The van der Waals surface area contributed by atoms with E-state index in [1.54, 1.807) is 6.20 Å². The quantitative estimate of drug-likeness (QED) is 0.555. The van der Waals surface area contributed by atoms with Gasteiger partial charge in [0.25, 0.3) is 5.91 Å². The largest absolute Gasteiger partial charge is 0.373 e. The van der Waals surface area contributed by atoms with E-state index in [1.807, 2.05) is 24.3 Å². The molecule has 1 amide bonds. The van der Waals surface area contributed by atoms with Gasteiger partial charge in [0.15, 0.2) is 0 Å². The maximum Gasteiger partial charge on any atom is 0.268 e. The lowest BCUT2D eigenvalue weighted by atomic mass is 9.94. The molecule has 0 radical (unpaired) electrons. The molecule has 3 aromatic rings. The highest BCUT2D eigenvalue weighted by atomic mass is 16.5. The molecule has 1 heterocycles. The molecule has 28 heavy (non-hydrogen) atoms. The van der Waals surface area contributed by atoms with Crippen LogP contribution < -0.4 is 5.73 Å². The average Bonchev–Trinajstić information content (AvgIpc) is 3.21. The van der Waals surface area contributed by atoms with E-state index in [4.69, 9.17) is 10.5 Å². The number of aromatic amines is 1. The van der Waals surface area contributed by atoms with Gasteiger partial charge in [0.1, 0.15) is 11.5 Å². The van der Waals surface area contributed by atoms with E-state index in [0.717, 1.165) is 30.7 Å². The fourth-order valence-corrected chi connectivity index (χ4v) is 3.34. The molecule has 0 saturated carbocycles. The molecule has 1 aromatic heterocycles. The van der Waals surface area contributed by atoms with Crippen molar-refractivity contribution >= 4 is 5.91 Å². The number of carbonyl (C=O) groups is 1. The van der Waals surface area contributed by atoms with Crippen LogP contribution in [0.15, 0.2) is 66.9 Å². The first kappa shape index (κ1) is 19.8. The number of aromatic nitrogens is 2. The zero-order valence-electron chi connectivity index (χ0n) is 16.2. The monoisotopic (exact) mass is 377 g/mol. The van der Waals surface area contributed by atoms with Crippen LogP contribution in [0.3, 0.4) is 0 Å². The molecule has 3 N–H and O–H groups in total. The molecule has 5 heteroatoms. The number of H-pyrrole nitrogens is 1. The summed E-state index contributed by atoms with van der Waals surface area (Å²) >= 11 is 0. The summed E-state index contributed by atoms with van der Waals surface area (Å²) in [6, 6.07) is 20.5. The second kappa shape index (κ2) is 9.85. The Morgan fingerprint density at radius 1 is 1.07 bits per heavy atom. The number of aryl methyl sites for hydroxylation is 1. The molecular weight excluding hydrogens is 350 g/mol. The van der Waals surface area contributed by atoms with Crippen molar-refractivity contribution in [1.29, 1.82) is 0 Å². The van der Waals surface area contributed by atoms with Gasteiger partial charge in [-0.25, -0.2) is 4.98 Å². The van der Waals surface area contributed by atoms with Crippen LogP contribution in [0.4, 0.5) is 0 Å². The van der Waals surface area contributed by atoms with Crippen molar-refractivity contribution in [2.75, 3.05) is 0 Å². The molecule has 0 bridgehead atoms. The van der Waals surface area contributed by atoms with Crippen molar-refractivity contribution in [2.45, 2.75) is 44.8 Å². The Morgan fingerprint density at radius 3 is 2.32 bits per heavy atom. The lowest BCUT2D eigenvalue weighted by molar-refractivity contribution is 0.0303. The van der Waals surface area contributed by atoms with Gasteiger partial charge in [0.2, 0.25) is 0 Å². The Kier molecular flexibility index (Phi) is 6.98. The highest BCUT2D eigenvalue weighted by molar-refractivity contribution is 5.90. The number of amides is 1. The van der Waals surface area contributed by atoms with Crippen LogP contribution in [0.5, 0.6) is 0 Å². The van der Waals surface area contributed by atoms with E-state index in [0.29, 0.717) is 6.61 Å². The van der Waals surface area contributed by atoms with Gasteiger partial charge in [-0.2, -0.15) is 0 Å². The summed E-state index contributed by atoms with van der Waals surface area (Å²) in [6.45, 7) is 2.60. The van der Waals surface area contributed by atoms with Gasteiger partial charge in [-0.3, -0.25) is 4.79 Å². The van der Waals surface area contributed by atoms with Crippen molar-refractivity contribution in [2.24, 2.45) is 5.73 Å². The van der Waals surface area contributed by atoms with Crippen molar-refractivity contribution in [3.05, 3.63) is 89.5 Å². The summed E-state index contributed by atoms with van der Waals surface area (Å²) in [7, 11) is 0. The summed E-state index contributed by atoms with van der Waals surface area (Å²) in [5.41, 5.74) is 8.07. The number of imidazole rings is 1. The number of hydrogen-bond donors (Lipinski definition) is 2. The molecule has 0 fully saturated rings. The maximum absolute atomic E-state index is 11.4. The number of nitrogens with one attached hydrogen (secondary N) is 1. The van der Waals surface area contributed by atoms with Gasteiger partial charge in [0, 0.05) is 12.1 Å². The summed E-state index contributed by atoms with van der Waals surface area (Å²) in [6.07, 6.45) is 4.41. The molecule has 0 aliphatic heterocycles. The molecule has 2 aromatic carbocycles. The third-order valence-corrected chi connectivity index (χ3v) is 4.95. The van der Waals surface area contributed by atoms with Crippen LogP contribution in [0.2, 0.25) is 0 Å². The highest BCUT2D eigenvalue weighted by Gasteiger charge is 2.24. The van der Waals surface area contributed by atoms with Gasteiger partial charge in [0.05, 0.1) is 12.7 Å². The Bertz CT molecular complexity index is 862. The predicted molar refractivity (Wildman–Crippen MR) is 110 cm³/mol. The average molecular weight is 377 g/mol. The standard InChI is InChI=1S/C23H27N3O2/c1-17(28-16-19-11-6-3-7-12-19)20(23-25-15-21(26-23)22(24)27)14-8-13-18-9-4-2-5-10-18/h2-7,9-12,15,17,20H,8,13-14,16H2,1H3,(H2,24,27)(H,25,26)/t17-,20?/m0/s1.